The zero-order valence-corrected chi connectivity index (χ0v) is 15.4. The highest BCUT2D eigenvalue weighted by atomic mass is 16.5. The van der Waals surface area contributed by atoms with Crippen LogP contribution in [0.2, 0.25) is 0 Å². The Labute approximate surface area is 144 Å². The number of carbonyl (C=O) groups excluding carboxylic acids is 1. The smallest absolute Gasteiger partial charge is 0.331 e. The van der Waals surface area contributed by atoms with Gasteiger partial charge in [0.25, 0.3) is 0 Å². The minimum atomic E-state index is -0.349. The van der Waals surface area contributed by atoms with E-state index in [9.17, 15) is 4.79 Å². The third-order valence-corrected chi connectivity index (χ3v) is 4.15. The van der Waals surface area contributed by atoms with Gasteiger partial charge in [-0.05, 0) is 36.5 Å². The summed E-state index contributed by atoms with van der Waals surface area (Å²) in [5.41, 5.74) is 5.26. The molecule has 0 amide bonds. The van der Waals surface area contributed by atoms with Crippen LogP contribution in [0.25, 0.3) is 6.08 Å². The van der Waals surface area contributed by atoms with Gasteiger partial charge in [-0.3, -0.25) is 4.68 Å². The van der Waals surface area contributed by atoms with E-state index in [-0.39, 0.29) is 18.0 Å². The summed E-state index contributed by atoms with van der Waals surface area (Å²) in [6.45, 7) is 10.7. The maximum absolute atomic E-state index is 11.9. The van der Waals surface area contributed by atoms with Crippen LogP contribution in [0.1, 0.15) is 48.8 Å². The van der Waals surface area contributed by atoms with Gasteiger partial charge in [-0.15, -0.1) is 0 Å². The predicted molar refractivity (Wildman–Crippen MR) is 96.7 cm³/mol. The number of hydrogen-bond acceptors (Lipinski definition) is 3. The molecule has 0 N–H and O–H groups in total. The van der Waals surface area contributed by atoms with Gasteiger partial charge in [-0.2, -0.15) is 5.10 Å². The Morgan fingerprint density at radius 2 is 1.83 bits per heavy atom. The lowest BCUT2D eigenvalue weighted by atomic mass is 9.87. The lowest BCUT2D eigenvalue weighted by molar-refractivity contribution is -0.138. The molecular weight excluding hydrogens is 300 g/mol. The summed E-state index contributed by atoms with van der Waals surface area (Å²) in [4.78, 5) is 11.9. The molecule has 0 saturated carbocycles. The van der Waals surface area contributed by atoms with E-state index in [1.54, 1.807) is 10.8 Å². The van der Waals surface area contributed by atoms with Crippen molar-refractivity contribution < 1.29 is 9.53 Å². The van der Waals surface area contributed by atoms with Crippen LogP contribution in [0.4, 0.5) is 0 Å². The number of aromatic nitrogens is 2. The molecule has 0 radical (unpaired) electrons. The van der Waals surface area contributed by atoms with E-state index in [0.717, 1.165) is 22.5 Å². The van der Waals surface area contributed by atoms with Crippen molar-refractivity contribution in [3.63, 3.8) is 0 Å². The first-order chi connectivity index (χ1) is 11.2. The molecular formula is C20H26N2O2. The Morgan fingerprint density at radius 3 is 2.33 bits per heavy atom. The van der Waals surface area contributed by atoms with Crippen molar-refractivity contribution in [2.75, 3.05) is 0 Å². The second-order valence-corrected chi connectivity index (χ2v) is 7.10. The fourth-order valence-electron chi connectivity index (χ4n) is 2.49. The number of rotatable bonds is 4. The maximum atomic E-state index is 11.9. The Hall–Kier alpha value is -2.36. The molecule has 1 heterocycles. The van der Waals surface area contributed by atoms with E-state index < -0.39 is 0 Å². The van der Waals surface area contributed by atoms with Crippen LogP contribution in [-0.2, 0) is 28.6 Å². The average Bonchev–Trinajstić information content (AvgIpc) is 2.75. The molecule has 0 spiro atoms. The molecule has 0 fully saturated rings. The molecule has 0 aliphatic rings. The van der Waals surface area contributed by atoms with Crippen molar-refractivity contribution in [3.05, 3.63) is 58.4 Å². The molecule has 4 heteroatoms. The highest BCUT2D eigenvalue weighted by Crippen LogP contribution is 2.22. The standard InChI is InChI=1S/C20H26N2O2/c1-14-18(15(2)22(6)21-14)11-12-19(23)24-13-16-7-9-17(10-8-16)20(3,4)5/h7-12H,13H2,1-6H3/b12-11+. The number of carbonyl (C=O) groups is 1. The minimum Gasteiger partial charge on any atom is -0.458 e. The molecule has 2 rings (SSSR count). The Kier molecular flexibility index (Phi) is 5.27. The zero-order valence-electron chi connectivity index (χ0n) is 15.4. The van der Waals surface area contributed by atoms with Gasteiger partial charge in [0.2, 0.25) is 0 Å². The third-order valence-electron chi connectivity index (χ3n) is 4.15. The van der Waals surface area contributed by atoms with Gasteiger partial charge < -0.3 is 4.74 Å². The highest BCUT2D eigenvalue weighted by molar-refractivity contribution is 5.87. The summed E-state index contributed by atoms with van der Waals surface area (Å²) in [6.07, 6.45) is 3.23. The molecule has 0 aliphatic carbocycles. The summed E-state index contributed by atoms with van der Waals surface area (Å²) in [5.74, 6) is -0.349. The highest BCUT2D eigenvalue weighted by Gasteiger charge is 2.13. The predicted octanol–water partition coefficient (Wildman–Crippen LogP) is 4.09. The number of nitrogens with zero attached hydrogens (tertiary/aromatic N) is 2. The molecule has 2 aromatic rings. The number of aryl methyl sites for hydroxylation is 2. The van der Waals surface area contributed by atoms with Crippen molar-refractivity contribution in [2.45, 2.75) is 46.6 Å². The number of hydrogen-bond donors (Lipinski definition) is 0. The van der Waals surface area contributed by atoms with E-state index >= 15 is 0 Å². The van der Waals surface area contributed by atoms with Gasteiger partial charge in [-0.1, -0.05) is 45.0 Å². The van der Waals surface area contributed by atoms with Crippen LogP contribution in [0.15, 0.2) is 30.3 Å². The van der Waals surface area contributed by atoms with Crippen LogP contribution in [0.5, 0.6) is 0 Å². The molecule has 128 valence electrons. The lowest BCUT2D eigenvalue weighted by Crippen LogP contribution is -2.10. The van der Waals surface area contributed by atoms with Crippen molar-refractivity contribution in [1.82, 2.24) is 9.78 Å². The molecule has 1 aromatic heterocycles. The molecule has 1 aromatic carbocycles. The van der Waals surface area contributed by atoms with Crippen LogP contribution in [0.3, 0.4) is 0 Å². The van der Waals surface area contributed by atoms with Gasteiger partial charge >= 0.3 is 5.97 Å². The topological polar surface area (TPSA) is 44.1 Å². The summed E-state index contributed by atoms with van der Waals surface area (Å²) in [5, 5.41) is 4.32. The lowest BCUT2D eigenvalue weighted by Gasteiger charge is -2.19. The Balaban J connectivity index is 1.95. The quantitative estimate of drug-likeness (QED) is 0.628. The van der Waals surface area contributed by atoms with E-state index in [2.05, 4.69) is 38.0 Å². The van der Waals surface area contributed by atoms with Gasteiger partial charge in [0.05, 0.1) is 5.69 Å². The van der Waals surface area contributed by atoms with Gasteiger partial charge in [0.15, 0.2) is 0 Å². The maximum Gasteiger partial charge on any atom is 0.331 e. The second kappa shape index (κ2) is 7.04. The normalized spacial score (nSPS) is 11.9. The Bertz CT molecular complexity index is 747. The van der Waals surface area contributed by atoms with Gasteiger partial charge in [0, 0.05) is 24.4 Å². The number of benzene rings is 1. The second-order valence-electron chi connectivity index (χ2n) is 7.10. The van der Waals surface area contributed by atoms with Gasteiger partial charge in [-0.25, -0.2) is 4.79 Å². The van der Waals surface area contributed by atoms with E-state index in [1.165, 1.54) is 11.6 Å². The number of ether oxygens (including phenoxy) is 1. The van der Waals surface area contributed by atoms with E-state index in [0.29, 0.717) is 0 Å². The first-order valence-corrected chi connectivity index (χ1v) is 8.13. The largest absolute Gasteiger partial charge is 0.458 e. The van der Waals surface area contributed by atoms with Crippen molar-refractivity contribution in [1.29, 1.82) is 0 Å². The Morgan fingerprint density at radius 1 is 1.21 bits per heavy atom. The monoisotopic (exact) mass is 326 g/mol. The zero-order chi connectivity index (χ0) is 17.9. The molecule has 0 saturated heterocycles. The van der Waals surface area contributed by atoms with E-state index in [1.807, 2.05) is 33.0 Å². The fourth-order valence-corrected chi connectivity index (χ4v) is 2.49. The third kappa shape index (κ3) is 4.34. The van der Waals surface area contributed by atoms with E-state index in [4.69, 9.17) is 4.74 Å². The van der Waals surface area contributed by atoms with Crippen LogP contribution in [-0.4, -0.2) is 15.7 Å². The van der Waals surface area contributed by atoms with Crippen molar-refractivity contribution >= 4 is 12.0 Å². The summed E-state index contributed by atoms with van der Waals surface area (Å²) < 4.78 is 7.11. The molecule has 0 atom stereocenters. The molecule has 0 unspecified atom stereocenters. The molecule has 4 nitrogen and oxygen atoms in total. The van der Waals surface area contributed by atoms with Crippen molar-refractivity contribution in [2.24, 2.45) is 7.05 Å². The number of esters is 1. The molecule has 24 heavy (non-hydrogen) atoms. The summed E-state index contributed by atoms with van der Waals surface area (Å²) in [7, 11) is 1.89. The minimum absolute atomic E-state index is 0.122. The first-order valence-electron chi connectivity index (χ1n) is 8.13. The van der Waals surface area contributed by atoms with Crippen LogP contribution >= 0.6 is 0 Å². The van der Waals surface area contributed by atoms with Crippen molar-refractivity contribution in [3.8, 4) is 0 Å². The summed E-state index contributed by atoms with van der Waals surface area (Å²) in [6, 6.07) is 8.18. The summed E-state index contributed by atoms with van der Waals surface area (Å²) >= 11 is 0. The fraction of sp³-hybridized carbons (Fsp3) is 0.400. The van der Waals surface area contributed by atoms with Crippen LogP contribution in [0, 0.1) is 13.8 Å². The molecule has 0 bridgehead atoms. The van der Waals surface area contributed by atoms with Gasteiger partial charge in [0.1, 0.15) is 6.61 Å². The van der Waals surface area contributed by atoms with Crippen LogP contribution < -0.4 is 0 Å². The first kappa shape index (κ1) is 18.0. The SMILES string of the molecule is Cc1nn(C)c(C)c1/C=C/C(=O)OCc1ccc(C(C)(C)C)cc1. The molecule has 0 aliphatic heterocycles. The average molecular weight is 326 g/mol.